The van der Waals surface area contributed by atoms with E-state index >= 15 is 0 Å². The molecule has 2 aromatic carbocycles. The number of rotatable bonds is 11. The molecular formula is C27H36. The van der Waals surface area contributed by atoms with Gasteiger partial charge < -0.3 is 0 Å². The monoisotopic (exact) mass is 360 g/mol. The molecule has 3 rings (SSSR count). The fraction of sp³-hybridized carbons (Fsp3) is 0.481. The SMILES string of the molecule is CCCCCCC=C(CCCCCC)C1c2ccccc2-c2ccccc21. The highest BCUT2D eigenvalue weighted by Crippen LogP contribution is 2.49. The van der Waals surface area contributed by atoms with Crippen molar-refractivity contribution in [1.82, 2.24) is 0 Å². The van der Waals surface area contributed by atoms with E-state index in [2.05, 4.69) is 68.5 Å². The van der Waals surface area contributed by atoms with Crippen LogP contribution in [0.15, 0.2) is 60.2 Å². The lowest BCUT2D eigenvalue weighted by Crippen LogP contribution is -2.02. The van der Waals surface area contributed by atoms with Crippen LogP contribution in [0, 0.1) is 0 Å². The Balaban J connectivity index is 1.85. The first kappa shape index (κ1) is 19.9. The molecule has 0 N–H and O–H groups in total. The molecule has 1 aliphatic carbocycles. The van der Waals surface area contributed by atoms with Gasteiger partial charge in [-0.3, -0.25) is 0 Å². The highest BCUT2D eigenvalue weighted by Gasteiger charge is 2.30. The molecule has 0 aliphatic heterocycles. The average Bonchev–Trinajstić information content (AvgIpc) is 3.04. The Hall–Kier alpha value is -1.82. The second-order valence-electron chi connectivity index (χ2n) is 8.05. The van der Waals surface area contributed by atoms with Crippen molar-refractivity contribution in [2.45, 2.75) is 84.0 Å². The van der Waals surface area contributed by atoms with Crippen molar-refractivity contribution in [3.8, 4) is 11.1 Å². The maximum atomic E-state index is 2.60. The van der Waals surface area contributed by atoms with Crippen LogP contribution in [0.1, 0.15) is 95.1 Å². The van der Waals surface area contributed by atoms with Gasteiger partial charge in [0.2, 0.25) is 0 Å². The van der Waals surface area contributed by atoms with Crippen LogP contribution < -0.4 is 0 Å². The molecule has 0 atom stereocenters. The zero-order valence-corrected chi connectivity index (χ0v) is 17.3. The zero-order valence-electron chi connectivity index (χ0n) is 17.3. The number of hydrogen-bond donors (Lipinski definition) is 0. The Bertz CT molecular complexity index is 692. The molecule has 0 unspecified atom stereocenters. The Morgan fingerprint density at radius 1 is 0.704 bits per heavy atom. The molecular weight excluding hydrogens is 324 g/mol. The number of unbranched alkanes of at least 4 members (excludes halogenated alkanes) is 7. The molecule has 0 nitrogen and oxygen atoms in total. The van der Waals surface area contributed by atoms with E-state index in [1.807, 2.05) is 0 Å². The molecule has 27 heavy (non-hydrogen) atoms. The molecule has 0 saturated heterocycles. The van der Waals surface area contributed by atoms with Gasteiger partial charge in [0.05, 0.1) is 0 Å². The molecule has 2 aromatic rings. The van der Waals surface area contributed by atoms with E-state index in [0.29, 0.717) is 5.92 Å². The molecule has 0 heteroatoms. The summed E-state index contributed by atoms with van der Waals surface area (Å²) in [5, 5.41) is 0. The third kappa shape index (κ3) is 4.92. The van der Waals surface area contributed by atoms with E-state index in [1.54, 1.807) is 5.57 Å². The molecule has 0 heterocycles. The molecule has 0 spiro atoms. The Labute approximate surface area is 166 Å². The largest absolute Gasteiger partial charge is 0.0844 e. The predicted molar refractivity (Wildman–Crippen MR) is 119 cm³/mol. The number of allylic oxidation sites excluding steroid dienone is 2. The second-order valence-corrected chi connectivity index (χ2v) is 8.05. The van der Waals surface area contributed by atoms with Gasteiger partial charge in [-0.2, -0.15) is 0 Å². The maximum absolute atomic E-state index is 2.60. The third-order valence-electron chi connectivity index (χ3n) is 5.99. The lowest BCUT2D eigenvalue weighted by Gasteiger charge is -2.19. The summed E-state index contributed by atoms with van der Waals surface area (Å²) >= 11 is 0. The Morgan fingerprint density at radius 3 is 1.85 bits per heavy atom. The summed E-state index contributed by atoms with van der Waals surface area (Å²) in [6.45, 7) is 4.59. The lowest BCUT2D eigenvalue weighted by molar-refractivity contribution is 0.643. The molecule has 0 saturated carbocycles. The highest BCUT2D eigenvalue weighted by atomic mass is 14.3. The van der Waals surface area contributed by atoms with Gasteiger partial charge in [0.25, 0.3) is 0 Å². The summed E-state index contributed by atoms with van der Waals surface area (Å²) in [6, 6.07) is 18.1. The summed E-state index contributed by atoms with van der Waals surface area (Å²) in [7, 11) is 0. The third-order valence-corrected chi connectivity index (χ3v) is 5.99. The molecule has 0 amide bonds. The van der Waals surface area contributed by atoms with Gasteiger partial charge >= 0.3 is 0 Å². The predicted octanol–water partition coefficient (Wildman–Crippen LogP) is 8.67. The quantitative estimate of drug-likeness (QED) is 0.278. The lowest BCUT2D eigenvalue weighted by atomic mass is 9.85. The minimum atomic E-state index is 0.477. The minimum Gasteiger partial charge on any atom is -0.0844 e. The van der Waals surface area contributed by atoms with Crippen LogP contribution in [0.5, 0.6) is 0 Å². The van der Waals surface area contributed by atoms with Crippen molar-refractivity contribution in [2.24, 2.45) is 0 Å². The van der Waals surface area contributed by atoms with Crippen LogP contribution in [0.2, 0.25) is 0 Å². The van der Waals surface area contributed by atoms with Crippen molar-refractivity contribution in [3.05, 3.63) is 71.3 Å². The van der Waals surface area contributed by atoms with Gasteiger partial charge in [0.15, 0.2) is 0 Å². The fourth-order valence-corrected chi connectivity index (χ4v) is 4.53. The van der Waals surface area contributed by atoms with Gasteiger partial charge in [0, 0.05) is 5.92 Å². The normalized spacial score (nSPS) is 13.6. The van der Waals surface area contributed by atoms with Gasteiger partial charge in [-0.1, -0.05) is 113 Å². The summed E-state index contributed by atoms with van der Waals surface area (Å²) in [5.74, 6) is 0.477. The minimum absolute atomic E-state index is 0.477. The van der Waals surface area contributed by atoms with Gasteiger partial charge in [-0.05, 0) is 47.9 Å². The Morgan fingerprint density at radius 2 is 1.26 bits per heavy atom. The summed E-state index contributed by atoms with van der Waals surface area (Å²) < 4.78 is 0. The molecule has 0 fully saturated rings. The average molecular weight is 361 g/mol. The zero-order chi connectivity index (χ0) is 18.9. The van der Waals surface area contributed by atoms with Crippen molar-refractivity contribution in [3.63, 3.8) is 0 Å². The van der Waals surface area contributed by atoms with Crippen LogP contribution in [-0.2, 0) is 0 Å². The first-order valence-electron chi connectivity index (χ1n) is 11.2. The van der Waals surface area contributed by atoms with Crippen LogP contribution in [0.4, 0.5) is 0 Å². The summed E-state index contributed by atoms with van der Waals surface area (Å²) in [4.78, 5) is 0. The van der Waals surface area contributed by atoms with E-state index in [-0.39, 0.29) is 0 Å². The van der Waals surface area contributed by atoms with Crippen molar-refractivity contribution in [2.75, 3.05) is 0 Å². The van der Waals surface area contributed by atoms with Gasteiger partial charge in [-0.25, -0.2) is 0 Å². The van der Waals surface area contributed by atoms with E-state index in [0.717, 1.165) is 0 Å². The van der Waals surface area contributed by atoms with Gasteiger partial charge in [0.1, 0.15) is 0 Å². The van der Waals surface area contributed by atoms with Crippen LogP contribution >= 0.6 is 0 Å². The van der Waals surface area contributed by atoms with Crippen molar-refractivity contribution in [1.29, 1.82) is 0 Å². The molecule has 0 radical (unpaired) electrons. The molecule has 0 bridgehead atoms. The molecule has 1 aliphatic rings. The van der Waals surface area contributed by atoms with Crippen LogP contribution in [-0.4, -0.2) is 0 Å². The number of fused-ring (bicyclic) bond motifs is 3. The number of benzene rings is 2. The second kappa shape index (κ2) is 10.5. The smallest absolute Gasteiger partial charge is 0.0311 e. The van der Waals surface area contributed by atoms with Crippen LogP contribution in [0.25, 0.3) is 11.1 Å². The first-order valence-corrected chi connectivity index (χ1v) is 11.2. The van der Waals surface area contributed by atoms with E-state index in [9.17, 15) is 0 Å². The van der Waals surface area contributed by atoms with E-state index in [4.69, 9.17) is 0 Å². The maximum Gasteiger partial charge on any atom is 0.0311 e. The van der Waals surface area contributed by atoms with Crippen molar-refractivity contribution >= 4 is 0 Å². The first-order chi connectivity index (χ1) is 13.4. The fourth-order valence-electron chi connectivity index (χ4n) is 4.53. The summed E-state index contributed by atoms with van der Waals surface area (Å²) in [6.07, 6.45) is 15.8. The van der Waals surface area contributed by atoms with E-state index in [1.165, 1.54) is 86.5 Å². The summed E-state index contributed by atoms with van der Waals surface area (Å²) in [5.41, 5.74) is 7.61. The standard InChI is InChI=1S/C27H36/c1-3-5-7-9-11-17-22(16-10-8-6-4-2)27-25-20-14-12-18-23(25)24-19-13-15-21-26(24)27/h12-15,17-21,27H,3-11,16H2,1-2H3. The van der Waals surface area contributed by atoms with Crippen LogP contribution in [0.3, 0.4) is 0 Å². The van der Waals surface area contributed by atoms with Gasteiger partial charge in [-0.15, -0.1) is 0 Å². The number of hydrogen-bond acceptors (Lipinski definition) is 0. The topological polar surface area (TPSA) is 0 Å². The molecule has 144 valence electrons. The Kier molecular flexibility index (Phi) is 7.75. The molecule has 0 aromatic heterocycles. The highest BCUT2D eigenvalue weighted by molar-refractivity contribution is 5.80. The van der Waals surface area contributed by atoms with E-state index < -0.39 is 0 Å². The van der Waals surface area contributed by atoms with Crippen molar-refractivity contribution < 1.29 is 0 Å².